The van der Waals surface area contributed by atoms with Crippen LogP contribution in [0.4, 0.5) is 0 Å². The van der Waals surface area contributed by atoms with Crippen molar-refractivity contribution in [3.63, 3.8) is 0 Å². The van der Waals surface area contributed by atoms with Crippen LogP contribution in [0.1, 0.15) is 32.3 Å². The van der Waals surface area contributed by atoms with Crippen LogP contribution in [0, 0.1) is 0 Å². The fourth-order valence-corrected chi connectivity index (χ4v) is 1.49. The van der Waals surface area contributed by atoms with Crippen LogP contribution in [0.5, 0.6) is 5.75 Å². The van der Waals surface area contributed by atoms with Gasteiger partial charge in [0, 0.05) is 19.6 Å². The maximum atomic E-state index is 11.3. The molecule has 0 bridgehead atoms. The molecule has 4 nitrogen and oxygen atoms in total. The van der Waals surface area contributed by atoms with E-state index < -0.39 is 0 Å². The molecule has 0 saturated heterocycles. The second-order valence-electron chi connectivity index (χ2n) is 4.41. The lowest BCUT2D eigenvalue weighted by Gasteiger charge is -2.10. The molecular formula is C14H21NO3. The predicted molar refractivity (Wildman–Crippen MR) is 70.4 cm³/mol. The third kappa shape index (κ3) is 5.68. The van der Waals surface area contributed by atoms with Crippen molar-refractivity contribution in [1.82, 2.24) is 5.32 Å². The van der Waals surface area contributed by atoms with E-state index in [0.717, 1.165) is 11.3 Å². The van der Waals surface area contributed by atoms with E-state index in [1.807, 2.05) is 38.1 Å². The third-order valence-corrected chi connectivity index (χ3v) is 2.35. The molecule has 1 aromatic carbocycles. The molecule has 100 valence electrons. The number of nitrogens with one attached hydrogen (secondary N) is 1. The fraction of sp³-hybridized carbons (Fsp3) is 0.500. The van der Waals surface area contributed by atoms with Crippen LogP contribution in [-0.2, 0) is 11.3 Å². The number of carbonyl (C=O) groups is 1. The zero-order chi connectivity index (χ0) is 13.4. The molecule has 0 saturated carbocycles. The summed E-state index contributed by atoms with van der Waals surface area (Å²) < 4.78 is 5.53. The van der Waals surface area contributed by atoms with Crippen LogP contribution in [-0.4, -0.2) is 23.7 Å². The van der Waals surface area contributed by atoms with Gasteiger partial charge < -0.3 is 15.2 Å². The number of hydrogen-bond donors (Lipinski definition) is 2. The molecule has 0 atom stereocenters. The van der Waals surface area contributed by atoms with Crippen molar-refractivity contribution in [1.29, 1.82) is 0 Å². The Kier molecular flexibility index (Phi) is 6.22. The Balaban J connectivity index is 2.37. The first-order valence-corrected chi connectivity index (χ1v) is 6.25. The molecule has 0 aliphatic heterocycles. The fourth-order valence-electron chi connectivity index (χ4n) is 1.49. The molecule has 0 aliphatic rings. The lowest BCUT2D eigenvalue weighted by molar-refractivity contribution is -0.121. The first-order chi connectivity index (χ1) is 8.61. The van der Waals surface area contributed by atoms with Gasteiger partial charge in [0.15, 0.2) is 0 Å². The zero-order valence-electron chi connectivity index (χ0n) is 11.0. The van der Waals surface area contributed by atoms with Gasteiger partial charge in [-0.15, -0.1) is 0 Å². The van der Waals surface area contributed by atoms with Crippen molar-refractivity contribution < 1.29 is 14.6 Å². The van der Waals surface area contributed by atoms with Gasteiger partial charge in [-0.25, -0.2) is 0 Å². The van der Waals surface area contributed by atoms with E-state index in [9.17, 15) is 4.79 Å². The molecule has 2 N–H and O–H groups in total. The Hall–Kier alpha value is -1.55. The zero-order valence-corrected chi connectivity index (χ0v) is 11.0. The highest BCUT2D eigenvalue weighted by Crippen LogP contribution is 2.13. The van der Waals surface area contributed by atoms with Crippen molar-refractivity contribution in [2.75, 3.05) is 6.61 Å². The second kappa shape index (κ2) is 7.71. The molecule has 0 radical (unpaired) electrons. The minimum absolute atomic E-state index is 0.0356. The van der Waals surface area contributed by atoms with E-state index in [1.165, 1.54) is 0 Å². The van der Waals surface area contributed by atoms with Crippen LogP contribution in [0.15, 0.2) is 24.3 Å². The predicted octanol–water partition coefficient (Wildman–Crippen LogP) is 1.86. The maximum Gasteiger partial charge on any atom is 0.220 e. The first kappa shape index (κ1) is 14.5. The van der Waals surface area contributed by atoms with Crippen LogP contribution in [0.2, 0.25) is 0 Å². The number of rotatable bonds is 7. The first-order valence-electron chi connectivity index (χ1n) is 6.25. The average Bonchev–Trinajstić information content (AvgIpc) is 2.35. The van der Waals surface area contributed by atoms with Crippen molar-refractivity contribution in [2.45, 2.75) is 39.3 Å². The Morgan fingerprint density at radius 3 is 2.56 bits per heavy atom. The summed E-state index contributed by atoms with van der Waals surface area (Å²) >= 11 is 0. The molecule has 0 fully saturated rings. The monoisotopic (exact) mass is 251 g/mol. The summed E-state index contributed by atoms with van der Waals surface area (Å²) in [5.41, 5.74) is 1.03. The molecule has 1 aromatic rings. The van der Waals surface area contributed by atoms with Gasteiger partial charge in [0.2, 0.25) is 5.91 Å². The van der Waals surface area contributed by atoms with E-state index in [2.05, 4.69) is 5.32 Å². The highest BCUT2D eigenvalue weighted by atomic mass is 16.5. The summed E-state index contributed by atoms with van der Waals surface area (Å²) in [5, 5.41) is 11.4. The standard InChI is InChI=1S/C14H21NO3/c1-11(2)18-13-7-5-12(6-8-13)10-15-14(17)4-3-9-16/h5-8,11,16H,3-4,9-10H2,1-2H3,(H,15,17). The summed E-state index contributed by atoms with van der Waals surface area (Å²) in [6.45, 7) is 4.52. The Morgan fingerprint density at radius 1 is 1.33 bits per heavy atom. The van der Waals surface area contributed by atoms with E-state index in [1.54, 1.807) is 0 Å². The number of carbonyl (C=O) groups excluding carboxylic acids is 1. The molecule has 0 unspecified atom stereocenters. The normalized spacial score (nSPS) is 10.4. The van der Waals surface area contributed by atoms with Crippen LogP contribution >= 0.6 is 0 Å². The van der Waals surface area contributed by atoms with E-state index in [4.69, 9.17) is 9.84 Å². The molecule has 0 heterocycles. The average molecular weight is 251 g/mol. The Bertz CT molecular complexity index is 360. The van der Waals surface area contributed by atoms with Crippen molar-refractivity contribution in [2.24, 2.45) is 0 Å². The van der Waals surface area contributed by atoms with Gasteiger partial charge >= 0.3 is 0 Å². The van der Waals surface area contributed by atoms with E-state index >= 15 is 0 Å². The highest BCUT2D eigenvalue weighted by molar-refractivity contribution is 5.75. The molecule has 0 aliphatic carbocycles. The van der Waals surface area contributed by atoms with Gasteiger partial charge in [-0.1, -0.05) is 12.1 Å². The minimum atomic E-state index is -0.0356. The van der Waals surface area contributed by atoms with Gasteiger partial charge in [-0.3, -0.25) is 4.79 Å². The Labute approximate surface area is 108 Å². The summed E-state index contributed by atoms with van der Waals surface area (Å²) in [6.07, 6.45) is 1.03. The van der Waals surface area contributed by atoms with Gasteiger partial charge in [0.1, 0.15) is 5.75 Å². The van der Waals surface area contributed by atoms with Crippen LogP contribution < -0.4 is 10.1 Å². The largest absolute Gasteiger partial charge is 0.491 e. The molecule has 0 spiro atoms. The number of aliphatic hydroxyl groups is 1. The second-order valence-corrected chi connectivity index (χ2v) is 4.41. The van der Waals surface area contributed by atoms with Crippen molar-refractivity contribution >= 4 is 5.91 Å². The SMILES string of the molecule is CC(C)Oc1ccc(CNC(=O)CCCO)cc1. The lowest BCUT2D eigenvalue weighted by Crippen LogP contribution is -2.22. The van der Waals surface area contributed by atoms with Crippen LogP contribution in [0.3, 0.4) is 0 Å². The van der Waals surface area contributed by atoms with Crippen LogP contribution in [0.25, 0.3) is 0 Å². The molecule has 1 amide bonds. The molecule has 1 rings (SSSR count). The van der Waals surface area contributed by atoms with Gasteiger partial charge in [-0.2, -0.15) is 0 Å². The summed E-state index contributed by atoms with van der Waals surface area (Å²) in [4.78, 5) is 11.3. The van der Waals surface area contributed by atoms with Gasteiger partial charge in [-0.05, 0) is 38.0 Å². The van der Waals surface area contributed by atoms with Gasteiger partial charge in [0.05, 0.1) is 6.10 Å². The smallest absolute Gasteiger partial charge is 0.220 e. The topological polar surface area (TPSA) is 58.6 Å². The van der Waals surface area contributed by atoms with Gasteiger partial charge in [0.25, 0.3) is 0 Å². The third-order valence-electron chi connectivity index (χ3n) is 2.35. The summed E-state index contributed by atoms with van der Waals surface area (Å²) in [5.74, 6) is 0.798. The lowest BCUT2D eigenvalue weighted by atomic mass is 10.2. The molecule has 18 heavy (non-hydrogen) atoms. The quantitative estimate of drug-likeness (QED) is 0.777. The van der Waals surface area contributed by atoms with E-state index in [0.29, 0.717) is 19.4 Å². The minimum Gasteiger partial charge on any atom is -0.491 e. The highest BCUT2D eigenvalue weighted by Gasteiger charge is 2.01. The molecule has 0 aromatic heterocycles. The number of ether oxygens (including phenoxy) is 1. The molecule has 4 heteroatoms. The number of amides is 1. The van der Waals surface area contributed by atoms with E-state index in [-0.39, 0.29) is 18.6 Å². The van der Waals surface area contributed by atoms with Crippen molar-refractivity contribution in [3.05, 3.63) is 29.8 Å². The Morgan fingerprint density at radius 2 is 2.00 bits per heavy atom. The molecular weight excluding hydrogens is 230 g/mol. The summed E-state index contributed by atoms with van der Waals surface area (Å²) in [6, 6.07) is 7.67. The van der Waals surface area contributed by atoms with Crippen molar-refractivity contribution in [3.8, 4) is 5.75 Å². The maximum absolute atomic E-state index is 11.3. The number of aliphatic hydroxyl groups excluding tert-OH is 1. The summed E-state index contributed by atoms with van der Waals surface area (Å²) in [7, 11) is 0. The number of benzene rings is 1. The number of hydrogen-bond acceptors (Lipinski definition) is 3.